The molecule has 6 heteroatoms. The predicted octanol–water partition coefficient (Wildman–Crippen LogP) is 25.7. The van der Waals surface area contributed by atoms with Crippen molar-refractivity contribution in [2.45, 2.75) is 412 Å². The monoisotopic (exact) mass is 1160 g/mol. The van der Waals surface area contributed by atoms with Crippen LogP contribution >= 0.6 is 0 Å². The van der Waals surface area contributed by atoms with Crippen LogP contribution in [0.4, 0.5) is 0 Å². The van der Waals surface area contributed by atoms with E-state index in [1.54, 1.807) is 0 Å². The Morgan fingerprint density at radius 3 is 0.687 bits per heavy atom. The first kappa shape index (κ1) is 80.4. The molecule has 0 aliphatic heterocycles. The molecule has 0 aromatic carbocycles. The topological polar surface area (TPSA) is 78.9 Å². The molecule has 0 aliphatic rings. The molecular formula is C77H142O6. The lowest BCUT2D eigenvalue weighted by molar-refractivity contribution is -0.167. The Morgan fingerprint density at radius 2 is 0.434 bits per heavy atom. The Hall–Kier alpha value is -2.63. The van der Waals surface area contributed by atoms with Crippen LogP contribution in [0.15, 0.2) is 48.6 Å². The molecule has 0 aliphatic carbocycles. The van der Waals surface area contributed by atoms with Gasteiger partial charge in [-0.25, -0.2) is 0 Å². The summed E-state index contributed by atoms with van der Waals surface area (Å²) in [6, 6.07) is 0. The first-order valence-electron chi connectivity index (χ1n) is 37.1. The lowest BCUT2D eigenvalue weighted by atomic mass is 10.0. The molecule has 0 heterocycles. The molecule has 486 valence electrons. The van der Waals surface area contributed by atoms with E-state index in [0.29, 0.717) is 19.3 Å². The Morgan fingerprint density at radius 1 is 0.241 bits per heavy atom. The van der Waals surface area contributed by atoms with Crippen molar-refractivity contribution < 1.29 is 28.6 Å². The standard InChI is InChI=1S/C77H142O6/c1-4-7-10-13-16-19-22-25-27-29-31-33-35-36-37-38-39-40-42-43-45-47-49-52-55-58-61-64-67-70-76(79)82-73-74(72-81-75(78)69-66-63-60-57-54-51-24-21-18-15-12-9-6-3)83-77(80)71-68-65-62-59-56-53-50-48-46-44-41-34-32-30-28-26-23-20-17-14-11-8-5-2/h21-22,24-25,29-32,74H,4-20,23,26-28,33-73H2,1-3H3/b24-21-,25-22-,31-29-,32-30-. The molecule has 0 bridgehead atoms. The van der Waals surface area contributed by atoms with Crippen LogP contribution in [-0.2, 0) is 28.6 Å². The van der Waals surface area contributed by atoms with Gasteiger partial charge in [0.25, 0.3) is 0 Å². The van der Waals surface area contributed by atoms with Gasteiger partial charge in [0.1, 0.15) is 13.2 Å². The molecule has 0 saturated heterocycles. The predicted molar refractivity (Wildman–Crippen MR) is 362 cm³/mol. The third-order valence-corrected chi connectivity index (χ3v) is 16.8. The zero-order valence-corrected chi connectivity index (χ0v) is 56.0. The van der Waals surface area contributed by atoms with Crippen molar-refractivity contribution in [3.8, 4) is 0 Å². The molecule has 6 nitrogen and oxygen atoms in total. The molecule has 1 atom stereocenters. The van der Waals surface area contributed by atoms with Crippen LogP contribution < -0.4 is 0 Å². The molecule has 83 heavy (non-hydrogen) atoms. The fraction of sp³-hybridized carbons (Fsp3) is 0.857. The van der Waals surface area contributed by atoms with Crippen molar-refractivity contribution in [3.05, 3.63) is 48.6 Å². The molecule has 0 aromatic heterocycles. The molecule has 0 saturated carbocycles. The van der Waals surface area contributed by atoms with Gasteiger partial charge in [-0.2, -0.15) is 0 Å². The third kappa shape index (κ3) is 70.0. The number of carbonyl (C=O) groups is 3. The van der Waals surface area contributed by atoms with E-state index >= 15 is 0 Å². The number of hydrogen-bond acceptors (Lipinski definition) is 6. The number of esters is 3. The van der Waals surface area contributed by atoms with Crippen molar-refractivity contribution in [3.63, 3.8) is 0 Å². The van der Waals surface area contributed by atoms with Gasteiger partial charge in [-0.1, -0.05) is 333 Å². The number of carbonyl (C=O) groups excluding carboxylic acids is 3. The minimum atomic E-state index is -0.776. The second-order valence-electron chi connectivity index (χ2n) is 25.2. The summed E-state index contributed by atoms with van der Waals surface area (Å²) in [6.07, 6.45) is 91.5. The highest BCUT2D eigenvalue weighted by atomic mass is 16.6. The van der Waals surface area contributed by atoms with Crippen molar-refractivity contribution in [2.24, 2.45) is 0 Å². The van der Waals surface area contributed by atoms with E-state index in [0.717, 1.165) is 70.6 Å². The zero-order valence-electron chi connectivity index (χ0n) is 56.0. The maximum absolute atomic E-state index is 13.0. The van der Waals surface area contributed by atoms with Crippen LogP contribution in [0.5, 0.6) is 0 Å². The van der Waals surface area contributed by atoms with Gasteiger partial charge in [0.2, 0.25) is 0 Å². The number of unbranched alkanes of at least 4 members (excludes halogenated alkanes) is 50. The van der Waals surface area contributed by atoms with Gasteiger partial charge >= 0.3 is 17.9 Å². The number of ether oxygens (including phenoxy) is 3. The highest BCUT2D eigenvalue weighted by molar-refractivity contribution is 5.71. The van der Waals surface area contributed by atoms with Crippen molar-refractivity contribution in [1.29, 1.82) is 0 Å². The summed E-state index contributed by atoms with van der Waals surface area (Å²) >= 11 is 0. The molecule has 0 N–H and O–H groups in total. The molecule has 0 aromatic rings. The summed E-state index contributed by atoms with van der Waals surface area (Å²) in [6.45, 7) is 6.68. The summed E-state index contributed by atoms with van der Waals surface area (Å²) in [5.41, 5.74) is 0. The average molecular weight is 1160 g/mol. The van der Waals surface area contributed by atoms with E-state index in [1.165, 1.54) is 295 Å². The Labute approximate surface area is 518 Å². The largest absolute Gasteiger partial charge is 0.462 e. The van der Waals surface area contributed by atoms with Crippen LogP contribution in [0.25, 0.3) is 0 Å². The van der Waals surface area contributed by atoms with Crippen LogP contribution in [0, 0.1) is 0 Å². The third-order valence-electron chi connectivity index (χ3n) is 16.8. The minimum absolute atomic E-state index is 0.0716. The van der Waals surface area contributed by atoms with Gasteiger partial charge in [-0.15, -0.1) is 0 Å². The second-order valence-corrected chi connectivity index (χ2v) is 25.2. The van der Waals surface area contributed by atoms with E-state index in [1.807, 2.05) is 0 Å². The second kappa shape index (κ2) is 71.8. The smallest absolute Gasteiger partial charge is 0.306 e. The van der Waals surface area contributed by atoms with Gasteiger partial charge in [-0.3, -0.25) is 14.4 Å². The Kier molecular flexibility index (Phi) is 69.6. The molecule has 0 rings (SSSR count). The van der Waals surface area contributed by atoms with Gasteiger partial charge in [-0.05, 0) is 103 Å². The van der Waals surface area contributed by atoms with E-state index in [2.05, 4.69) is 69.4 Å². The lowest BCUT2D eigenvalue weighted by Gasteiger charge is -2.18. The highest BCUT2D eigenvalue weighted by Crippen LogP contribution is 2.18. The fourth-order valence-electron chi connectivity index (χ4n) is 11.2. The summed E-state index contributed by atoms with van der Waals surface area (Å²) in [5.74, 6) is -0.854. The highest BCUT2D eigenvalue weighted by Gasteiger charge is 2.19. The Balaban J connectivity index is 4.20. The van der Waals surface area contributed by atoms with E-state index in [9.17, 15) is 14.4 Å². The van der Waals surface area contributed by atoms with Crippen molar-refractivity contribution in [2.75, 3.05) is 13.2 Å². The molecule has 0 radical (unpaired) electrons. The Bertz CT molecular complexity index is 1430. The van der Waals surface area contributed by atoms with Crippen LogP contribution in [-0.4, -0.2) is 37.2 Å². The van der Waals surface area contributed by atoms with Crippen molar-refractivity contribution in [1.82, 2.24) is 0 Å². The van der Waals surface area contributed by atoms with Gasteiger partial charge in [0.15, 0.2) is 6.10 Å². The van der Waals surface area contributed by atoms with E-state index in [4.69, 9.17) is 14.2 Å². The van der Waals surface area contributed by atoms with E-state index < -0.39 is 6.10 Å². The summed E-state index contributed by atoms with van der Waals surface area (Å²) < 4.78 is 17.0. The molecule has 0 amide bonds. The zero-order chi connectivity index (χ0) is 59.9. The number of allylic oxidation sites excluding steroid dienone is 8. The van der Waals surface area contributed by atoms with Crippen molar-refractivity contribution >= 4 is 17.9 Å². The van der Waals surface area contributed by atoms with Crippen LogP contribution in [0.1, 0.15) is 406 Å². The first-order chi connectivity index (χ1) is 41.0. The van der Waals surface area contributed by atoms with Gasteiger partial charge in [0.05, 0.1) is 0 Å². The summed E-state index contributed by atoms with van der Waals surface area (Å²) in [5, 5.41) is 0. The minimum Gasteiger partial charge on any atom is -0.462 e. The van der Waals surface area contributed by atoms with Gasteiger partial charge in [0, 0.05) is 19.3 Å². The quantitative estimate of drug-likeness (QED) is 0.0261. The number of hydrogen-bond donors (Lipinski definition) is 0. The normalized spacial score (nSPS) is 12.3. The molecule has 0 spiro atoms. The summed E-state index contributed by atoms with van der Waals surface area (Å²) in [4.78, 5) is 38.5. The lowest BCUT2D eigenvalue weighted by Crippen LogP contribution is -2.30. The SMILES string of the molecule is CCCCCC/C=C\CCCCCCCC(=O)OCC(COC(=O)CCCCCCCCCCCCCCCCCCC/C=C\C/C=C\CCCCCCC)OC(=O)CCCCCCCCCCCCC/C=C\CCCCCCCCCC. The fourth-order valence-corrected chi connectivity index (χ4v) is 11.2. The molecular weight excluding hydrogens is 1020 g/mol. The first-order valence-corrected chi connectivity index (χ1v) is 37.1. The average Bonchev–Trinajstić information content (AvgIpc) is 3.49. The van der Waals surface area contributed by atoms with Gasteiger partial charge < -0.3 is 14.2 Å². The molecule has 0 fully saturated rings. The van der Waals surface area contributed by atoms with E-state index in [-0.39, 0.29) is 31.1 Å². The number of rotatable bonds is 69. The summed E-state index contributed by atoms with van der Waals surface area (Å²) in [7, 11) is 0. The molecule has 1 unspecified atom stereocenters. The maximum atomic E-state index is 13.0. The van der Waals surface area contributed by atoms with Crippen LogP contribution in [0.3, 0.4) is 0 Å². The van der Waals surface area contributed by atoms with Crippen LogP contribution in [0.2, 0.25) is 0 Å². The maximum Gasteiger partial charge on any atom is 0.306 e.